The van der Waals surface area contributed by atoms with Crippen LogP contribution in [0.2, 0.25) is 0 Å². The van der Waals surface area contributed by atoms with E-state index in [0.717, 1.165) is 26.1 Å². The van der Waals surface area contributed by atoms with Crippen LogP contribution in [0.4, 0.5) is 0 Å². The molecule has 0 spiro atoms. The molecular formula is C12H18N2OS. The number of pyridine rings is 1. The molecule has 1 aromatic rings. The largest absolute Gasteiger partial charge is 0.381 e. The van der Waals surface area contributed by atoms with E-state index in [1.807, 2.05) is 24.2 Å². The Kier molecular flexibility index (Phi) is 4.63. The highest BCUT2D eigenvalue weighted by Gasteiger charge is 2.19. The van der Waals surface area contributed by atoms with E-state index in [1.54, 1.807) is 0 Å². The van der Waals surface area contributed by atoms with E-state index < -0.39 is 0 Å². The molecule has 1 aliphatic heterocycles. The second kappa shape index (κ2) is 6.23. The van der Waals surface area contributed by atoms with Gasteiger partial charge < -0.3 is 10.5 Å². The van der Waals surface area contributed by atoms with E-state index in [1.165, 1.54) is 5.56 Å². The van der Waals surface area contributed by atoms with Crippen LogP contribution in [-0.2, 0) is 4.74 Å². The molecule has 0 bridgehead atoms. The molecule has 16 heavy (non-hydrogen) atoms. The highest BCUT2D eigenvalue weighted by Crippen LogP contribution is 2.35. The Morgan fingerprint density at radius 2 is 2.06 bits per heavy atom. The van der Waals surface area contributed by atoms with E-state index in [0.29, 0.717) is 17.0 Å². The number of rotatable bonds is 4. The molecule has 0 radical (unpaired) electrons. The van der Waals surface area contributed by atoms with Gasteiger partial charge in [-0.3, -0.25) is 4.98 Å². The summed E-state index contributed by atoms with van der Waals surface area (Å²) in [6.45, 7) is 2.47. The Bertz CT molecular complexity index is 301. The Balaban J connectivity index is 1.94. The van der Waals surface area contributed by atoms with Crippen LogP contribution < -0.4 is 5.73 Å². The average molecular weight is 238 g/mol. The van der Waals surface area contributed by atoms with Gasteiger partial charge in [-0.25, -0.2) is 0 Å². The second-order valence-corrected chi connectivity index (χ2v) is 5.46. The van der Waals surface area contributed by atoms with Crippen molar-refractivity contribution in [1.82, 2.24) is 4.98 Å². The Hall–Kier alpha value is -0.580. The fourth-order valence-electron chi connectivity index (χ4n) is 1.89. The lowest BCUT2D eigenvalue weighted by Gasteiger charge is -2.25. The lowest BCUT2D eigenvalue weighted by atomic mass is 10.2. The lowest BCUT2D eigenvalue weighted by molar-refractivity contribution is 0.0999. The molecule has 1 aliphatic rings. The smallest absolute Gasteiger partial charge is 0.0476 e. The first-order valence-corrected chi connectivity index (χ1v) is 6.67. The van der Waals surface area contributed by atoms with Crippen LogP contribution >= 0.6 is 11.8 Å². The first kappa shape index (κ1) is 11.9. The van der Waals surface area contributed by atoms with Gasteiger partial charge in [0.25, 0.3) is 0 Å². The van der Waals surface area contributed by atoms with Crippen molar-refractivity contribution in [2.24, 2.45) is 5.73 Å². The predicted molar refractivity (Wildman–Crippen MR) is 67.5 cm³/mol. The lowest BCUT2D eigenvalue weighted by Crippen LogP contribution is -2.21. The molecular weight excluding hydrogens is 220 g/mol. The van der Waals surface area contributed by atoms with Crippen LogP contribution in [-0.4, -0.2) is 30.0 Å². The maximum atomic E-state index is 5.85. The molecule has 1 atom stereocenters. The molecule has 1 saturated heterocycles. The zero-order valence-electron chi connectivity index (χ0n) is 9.34. The minimum absolute atomic E-state index is 0.395. The number of aromatic nitrogens is 1. The molecule has 0 aromatic carbocycles. The minimum atomic E-state index is 0.395. The van der Waals surface area contributed by atoms with Gasteiger partial charge in [-0.2, -0.15) is 0 Å². The van der Waals surface area contributed by atoms with Gasteiger partial charge >= 0.3 is 0 Å². The third-order valence-electron chi connectivity index (χ3n) is 2.82. The van der Waals surface area contributed by atoms with Gasteiger partial charge in [-0.05, 0) is 30.5 Å². The SMILES string of the molecule is NCC(SC1CCOCC1)c1ccncc1. The molecule has 88 valence electrons. The topological polar surface area (TPSA) is 48.1 Å². The van der Waals surface area contributed by atoms with Gasteiger partial charge in [0.15, 0.2) is 0 Å². The van der Waals surface area contributed by atoms with Gasteiger partial charge in [0.05, 0.1) is 0 Å². The van der Waals surface area contributed by atoms with E-state index in [4.69, 9.17) is 10.5 Å². The summed E-state index contributed by atoms with van der Waals surface area (Å²) in [5, 5.41) is 1.08. The maximum Gasteiger partial charge on any atom is 0.0476 e. The zero-order valence-corrected chi connectivity index (χ0v) is 10.2. The second-order valence-electron chi connectivity index (χ2n) is 3.95. The summed E-state index contributed by atoms with van der Waals surface area (Å²) in [5.74, 6) is 0. The molecule has 0 amide bonds. The number of hydrogen-bond donors (Lipinski definition) is 1. The van der Waals surface area contributed by atoms with Gasteiger partial charge in [-0.1, -0.05) is 0 Å². The van der Waals surface area contributed by atoms with Crippen LogP contribution in [0.1, 0.15) is 23.7 Å². The molecule has 3 nitrogen and oxygen atoms in total. The summed E-state index contributed by atoms with van der Waals surface area (Å²) in [4.78, 5) is 4.04. The first-order valence-electron chi connectivity index (χ1n) is 5.73. The van der Waals surface area contributed by atoms with Crippen molar-refractivity contribution < 1.29 is 4.74 Å². The minimum Gasteiger partial charge on any atom is -0.381 e. The molecule has 0 aliphatic carbocycles. The summed E-state index contributed by atoms with van der Waals surface area (Å²) in [5.41, 5.74) is 7.14. The van der Waals surface area contributed by atoms with Crippen LogP contribution in [0.5, 0.6) is 0 Å². The fraction of sp³-hybridized carbons (Fsp3) is 0.583. The predicted octanol–water partition coefficient (Wildman–Crippen LogP) is 1.99. The third-order valence-corrected chi connectivity index (χ3v) is 4.47. The number of ether oxygens (including phenoxy) is 1. The maximum absolute atomic E-state index is 5.85. The fourth-order valence-corrected chi connectivity index (χ4v) is 3.25. The van der Waals surface area contributed by atoms with Crippen LogP contribution in [0.25, 0.3) is 0 Å². The molecule has 4 heteroatoms. The molecule has 2 rings (SSSR count). The summed E-state index contributed by atoms with van der Waals surface area (Å²) in [7, 11) is 0. The van der Waals surface area contributed by atoms with Gasteiger partial charge in [-0.15, -0.1) is 11.8 Å². The molecule has 2 N–H and O–H groups in total. The highest BCUT2D eigenvalue weighted by molar-refractivity contribution is 8.00. The van der Waals surface area contributed by atoms with E-state index in [-0.39, 0.29) is 0 Å². The van der Waals surface area contributed by atoms with Gasteiger partial charge in [0.1, 0.15) is 0 Å². The number of nitrogens with zero attached hydrogens (tertiary/aromatic N) is 1. The normalized spacial score (nSPS) is 19.6. The molecule has 1 aromatic heterocycles. The quantitative estimate of drug-likeness (QED) is 0.871. The third kappa shape index (κ3) is 3.20. The van der Waals surface area contributed by atoms with Gasteiger partial charge in [0, 0.05) is 42.7 Å². The van der Waals surface area contributed by atoms with E-state index >= 15 is 0 Å². The van der Waals surface area contributed by atoms with Crippen molar-refractivity contribution in [2.45, 2.75) is 23.3 Å². The Labute approximate surface area is 101 Å². The zero-order chi connectivity index (χ0) is 11.2. The molecule has 0 saturated carbocycles. The summed E-state index contributed by atoms with van der Waals surface area (Å²) >= 11 is 1.99. The van der Waals surface area contributed by atoms with Crippen molar-refractivity contribution >= 4 is 11.8 Å². The first-order chi connectivity index (χ1) is 7.90. The molecule has 1 fully saturated rings. The van der Waals surface area contributed by atoms with Crippen molar-refractivity contribution in [3.63, 3.8) is 0 Å². The van der Waals surface area contributed by atoms with Crippen LogP contribution in [0, 0.1) is 0 Å². The standard InChI is InChI=1S/C12H18N2OS/c13-9-12(10-1-5-14-6-2-10)16-11-3-7-15-8-4-11/h1-2,5-6,11-12H,3-4,7-9,13H2. The highest BCUT2D eigenvalue weighted by atomic mass is 32.2. The summed E-state index contributed by atoms with van der Waals surface area (Å²) < 4.78 is 5.37. The van der Waals surface area contributed by atoms with E-state index in [9.17, 15) is 0 Å². The Morgan fingerprint density at radius 3 is 2.69 bits per heavy atom. The molecule has 1 unspecified atom stereocenters. The summed E-state index contributed by atoms with van der Waals surface area (Å²) in [6.07, 6.45) is 5.96. The van der Waals surface area contributed by atoms with Crippen LogP contribution in [0.15, 0.2) is 24.5 Å². The number of nitrogens with two attached hydrogens (primary N) is 1. The van der Waals surface area contributed by atoms with E-state index in [2.05, 4.69) is 17.1 Å². The average Bonchev–Trinajstić information content (AvgIpc) is 2.38. The van der Waals surface area contributed by atoms with Crippen molar-refractivity contribution in [2.75, 3.05) is 19.8 Å². The monoisotopic (exact) mass is 238 g/mol. The Morgan fingerprint density at radius 1 is 1.38 bits per heavy atom. The molecule has 2 heterocycles. The number of hydrogen-bond acceptors (Lipinski definition) is 4. The summed E-state index contributed by atoms with van der Waals surface area (Å²) in [6, 6.07) is 4.12. The van der Waals surface area contributed by atoms with Crippen molar-refractivity contribution in [1.29, 1.82) is 0 Å². The van der Waals surface area contributed by atoms with Crippen molar-refractivity contribution in [3.8, 4) is 0 Å². The van der Waals surface area contributed by atoms with Crippen molar-refractivity contribution in [3.05, 3.63) is 30.1 Å². The van der Waals surface area contributed by atoms with Gasteiger partial charge in [0.2, 0.25) is 0 Å². The van der Waals surface area contributed by atoms with Crippen LogP contribution in [0.3, 0.4) is 0 Å². The number of thioether (sulfide) groups is 1.